The molecule has 0 amide bonds. The Morgan fingerprint density at radius 3 is 2.00 bits per heavy atom. The van der Waals surface area contributed by atoms with E-state index in [0.29, 0.717) is 31.1 Å². The van der Waals surface area contributed by atoms with Gasteiger partial charge in [-0.1, -0.05) is 48.0 Å². The molecule has 0 aromatic heterocycles. The molecule has 1 aliphatic rings. The molecular weight excluding hydrogens is 320 g/mol. The summed E-state index contributed by atoms with van der Waals surface area (Å²) in [6, 6.07) is 0. The summed E-state index contributed by atoms with van der Waals surface area (Å²) >= 11 is 0. The van der Waals surface area contributed by atoms with Crippen molar-refractivity contribution in [1.29, 1.82) is 0 Å². The zero-order chi connectivity index (χ0) is 19.5. The van der Waals surface area contributed by atoms with Crippen LogP contribution >= 0.6 is 0 Å². The highest BCUT2D eigenvalue weighted by molar-refractivity contribution is 6.24. The van der Waals surface area contributed by atoms with Gasteiger partial charge in [-0.3, -0.25) is 9.59 Å². The third-order valence-electron chi connectivity index (χ3n) is 5.04. The maximum Gasteiger partial charge on any atom is 0.176 e. The number of allylic oxidation sites excluding steroid dienone is 1. The highest BCUT2D eigenvalue weighted by Crippen LogP contribution is 2.44. The Kier molecular flexibility index (Phi) is 7.39. The van der Waals surface area contributed by atoms with Gasteiger partial charge in [-0.25, -0.2) is 0 Å². The van der Waals surface area contributed by atoms with Crippen molar-refractivity contribution in [1.82, 2.24) is 0 Å². The van der Waals surface area contributed by atoms with Gasteiger partial charge in [-0.15, -0.1) is 0 Å². The molecule has 2 unspecified atom stereocenters. The average molecular weight is 354 g/mol. The molecule has 1 rings (SSSR count). The minimum atomic E-state index is -2.07. The van der Waals surface area contributed by atoms with E-state index in [1.807, 2.05) is 27.7 Å². The van der Waals surface area contributed by atoms with Gasteiger partial charge in [0.1, 0.15) is 11.3 Å². The Labute approximate surface area is 151 Å². The van der Waals surface area contributed by atoms with Gasteiger partial charge in [0.05, 0.1) is 12.0 Å². The highest BCUT2D eigenvalue weighted by atomic mass is 16.4. The molecule has 25 heavy (non-hydrogen) atoms. The first-order chi connectivity index (χ1) is 11.4. The summed E-state index contributed by atoms with van der Waals surface area (Å²) in [6.45, 7) is 11.3. The maximum absolute atomic E-state index is 12.8. The van der Waals surface area contributed by atoms with Crippen LogP contribution in [0.25, 0.3) is 0 Å². The minimum Gasteiger partial charge on any atom is -0.508 e. The van der Waals surface area contributed by atoms with Crippen molar-refractivity contribution >= 4 is 11.6 Å². The van der Waals surface area contributed by atoms with Crippen molar-refractivity contribution in [2.24, 2.45) is 23.7 Å². The Morgan fingerprint density at radius 1 is 1.04 bits per heavy atom. The van der Waals surface area contributed by atoms with Crippen LogP contribution in [0, 0.1) is 23.7 Å². The molecule has 0 heterocycles. The molecule has 5 nitrogen and oxygen atoms in total. The van der Waals surface area contributed by atoms with Crippen LogP contribution in [0.1, 0.15) is 67.2 Å². The number of carbonyl (C=O) groups excluding carboxylic acids is 2. The van der Waals surface area contributed by atoms with Crippen LogP contribution < -0.4 is 0 Å². The van der Waals surface area contributed by atoms with Crippen molar-refractivity contribution < 1.29 is 24.9 Å². The maximum atomic E-state index is 12.8. The van der Waals surface area contributed by atoms with Crippen molar-refractivity contribution in [2.75, 3.05) is 0 Å². The lowest BCUT2D eigenvalue weighted by atomic mass is 9.78. The SMILES string of the molecule is CC(C)CCC(O)[C@@]1(O)C(O)=C(C(=O)C(C)C)C(=O)C1CCC(C)C. The zero-order valence-electron chi connectivity index (χ0n) is 16.4. The van der Waals surface area contributed by atoms with Gasteiger partial charge in [-0.2, -0.15) is 0 Å². The smallest absolute Gasteiger partial charge is 0.176 e. The predicted molar refractivity (Wildman–Crippen MR) is 97.1 cm³/mol. The quantitative estimate of drug-likeness (QED) is 0.553. The Hall–Kier alpha value is -1.20. The first-order valence-corrected chi connectivity index (χ1v) is 9.37. The summed E-state index contributed by atoms with van der Waals surface area (Å²) < 4.78 is 0. The molecule has 3 atom stereocenters. The van der Waals surface area contributed by atoms with Gasteiger partial charge in [0, 0.05) is 5.92 Å². The van der Waals surface area contributed by atoms with Crippen molar-refractivity contribution in [2.45, 2.75) is 78.9 Å². The van der Waals surface area contributed by atoms with Gasteiger partial charge < -0.3 is 15.3 Å². The van der Waals surface area contributed by atoms with Gasteiger partial charge in [0.2, 0.25) is 0 Å². The van der Waals surface area contributed by atoms with E-state index < -0.39 is 40.9 Å². The third kappa shape index (κ3) is 4.50. The van der Waals surface area contributed by atoms with Gasteiger partial charge in [0.25, 0.3) is 0 Å². The van der Waals surface area contributed by atoms with Crippen LogP contribution in [-0.4, -0.2) is 38.6 Å². The molecule has 0 saturated heterocycles. The van der Waals surface area contributed by atoms with E-state index in [2.05, 4.69) is 0 Å². The van der Waals surface area contributed by atoms with E-state index in [4.69, 9.17) is 0 Å². The number of ketones is 2. The molecular formula is C20H34O5. The summed E-state index contributed by atoms with van der Waals surface area (Å²) in [5, 5.41) is 32.4. The summed E-state index contributed by atoms with van der Waals surface area (Å²) in [7, 11) is 0. The molecule has 0 aromatic carbocycles. The molecule has 0 aromatic rings. The van der Waals surface area contributed by atoms with Crippen LogP contribution in [0.3, 0.4) is 0 Å². The fraction of sp³-hybridized carbons (Fsp3) is 0.800. The number of hydrogen-bond acceptors (Lipinski definition) is 5. The molecule has 0 radical (unpaired) electrons. The summed E-state index contributed by atoms with van der Waals surface area (Å²) in [5.74, 6) is -2.49. The lowest BCUT2D eigenvalue weighted by Gasteiger charge is -2.34. The monoisotopic (exact) mass is 354 g/mol. The fourth-order valence-electron chi connectivity index (χ4n) is 3.34. The Bertz CT molecular complexity index is 532. The number of aliphatic hydroxyl groups is 3. The fourth-order valence-corrected chi connectivity index (χ4v) is 3.34. The first kappa shape index (κ1) is 21.8. The van der Waals surface area contributed by atoms with Crippen molar-refractivity contribution in [3.8, 4) is 0 Å². The normalized spacial score (nSPS) is 25.6. The van der Waals surface area contributed by atoms with Gasteiger partial charge >= 0.3 is 0 Å². The van der Waals surface area contributed by atoms with E-state index in [-0.39, 0.29) is 12.0 Å². The Morgan fingerprint density at radius 2 is 1.56 bits per heavy atom. The van der Waals surface area contributed by atoms with E-state index >= 15 is 0 Å². The van der Waals surface area contributed by atoms with Gasteiger partial charge in [0.15, 0.2) is 17.2 Å². The molecule has 0 spiro atoms. The molecule has 0 saturated carbocycles. The lowest BCUT2D eigenvalue weighted by Crippen LogP contribution is -2.49. The van der Waals surface area contributed by atoms with E-state index in [0.717, 1.165) is 0 Å². The largest absolute Gasteiger partial charge is 0.508 e. The molecule has 0 fully saturated rings. The summed E-state index contributed by atoms with van der Waals surface area (Å²) in [5.41, 5.74) is -2.39. The highest BCUT2D eigenvalue weighted by Gasteiger charge is 2.58. The lowest BCUT2D eigenvalue weighted by molar-refractivity contribution is -0.137. The van der Waals surface area contributed by atoms with Crippen LogP contribution in [-0.2, 0) is 9.59 Å². The van der Waals surface area contributed by atoms with Gasteiger partial charge in [-0.05, 0) is 31.1 Å². The molecule has 5 heteroatoms. The molecule has 3 N–H and O–H groups in total. The van der Waals surface area contributed by atoms with E-state index in [9.17, 15) is 24.9 Å². The molecule has 144 valence electrons. The number of rotatable bonds is 9. The molecule has 0 bridgehead atoms. The number of Topliss-reactive ketones (excluding diaryl/α,β-unsaturated/α-hetero) is 2. The average Bonchev–Trinajstić information content (AvgIpc) is 2.69. The summed E-state index contributed by atoms with van der Waals surface area (Å²) in [6.07, 6.45) is 0.604. The van der Waals surface area contributed by atoms with E-state index in [1.165, 1.54) is 0 Å². The third-order valence-corrected chi connectivity index (χ3v) is 5.04. The number of carbonyl (C=O) groups is 2. The van der Waals surface area contributed by atoms with Crippen molar-refractivity contribution in [3.05, 3.63) is 11.3 Å². The Balaban J connectivity index is 3.27. The second-order valence-corrected chi connectivity index (χ2v) is 8.44. The van der Waals surface area contributed by atoms with Crippen LogP contribution in [0.4, 0.5) is 0 Å². The van der Waals surface area contributed by atoms with E-state index in [1.54, 1.807) is 13.8 Å². The summed E-state index contributed by atoms with van der Waals surface area (Å²) in [4.78, 5) is 25.2. The molecule has 1 aliphatic carbocycles. The minimum absolute atomic E-state index is 0.257. The number of aliphatic hydroxyl groups excluding tert-OH is 2. The zero-order valence-corrected chi connectivity index (χ0v) is 16.4. The van der Waals surface area contributed by atoms with Crippen LogP contribution in [0.15, 0.2) is 11.3 Å². The standard InChI is InChI=1S/C20H34O5/c1-11(2)7-9-14-18(23)16(17(22)13(5)6)19(24)20(14,25)15(21)10-8-12(3)4/h11-15,21,24-25H,7-10H2,1-6H3/t14?,15?,20-/m1/s1. The predicted octanol–water partition coefficient (Wildman–Crippen LogP) is 3.19. The first-order valence-electron chi connectivity index (χ1n) is 9.37. The second-order valence-electron chi connectivity index (χ2n) is 8.44. The second kappa shape index (κ2) is 8.45. The molecule has 0 aliphatic heterocycles. The number of hydrogen-bond donors (Lipinski definition) is 3. The van der Waals surface area contributed by atoms with Crippen LogP contribution in [0.2, 0.25) is 0 Å². The van der Waals surface area contributed by atoms with Crippen LogP contribution in [0.5, 0.6) is 0 Å². The van der Waals surface area contributed by atoms with Crippen molar-refractivity contribution in [3.63, 3.8) is 0 Å². The topological polar surface area (TPSA) is 94.8 Å².